The molecule has 18 heavy (non-hydrogen) atoms. The molecule has 1 aliphatic heterocycles. The van der Waals surface area contributed by atoms with Gasteiger partial charge in [0.1, 0.15) is 11.6 Å². The van der Waals surface area contributed by atoms with Crippen molar-refractivity contribution in [2.75, 3.05) is 6.54 Å². The van der Waals surface area contributed by atoms with E-state index in [1.165, 1.54) is 0 Å². The molecule has 1 heterocycles. The van der Waals surface area contributed by atoms with E-state index in [0.29, 0.717) is 25.8 Å². The highest BCUT2D eigenvalue weighted by Gasteiger charge is 2.47. The first-order valence-corrected chi connectivity index (χ1v) is 6.59. The second kappa shape index (κ2) is 5.90. The van der Waals surface area contributed by atoms with Crippen LogP contribution in [0.3, 0.4) is 0 Å². The molecule has 1 fully saturated rings. The van der Waals surface area contributed by atoms with E-state index in [0.717, 1.165) is 0 Å². The Morgan fingerprint density at radius 2 is 1.89 bits per heavy atom. The van der Waals surface area contributed by atoms with Gasteiger partial charge in [0.2, 0.25) is 11.8 Å². The monoisotopic (exact) mass is 250 g/mol. The van der Waals surface area contributed by atoms with Crippen molar-refractivity contribution in [3.8, 4) is 11.8 Å². The van der Waals surface area contributed by atoms with Crippen LogP contribution in [0.1, 0.15) is 47.0 Å². The van der Waals surface area contributed by atoms with Crippen molar-refractivity contribution in [1.82, 2.24) is 10.2 Å². The van der Waals surface area contributed by atoms with E-state index in [2.05, 4.69) is 17.2 Å². The summed E-state index contributed by atoms with van der Waals surface area (Å²) in [5.41, 5.74) is -0.738. The lowest BCUT2D eigenvalue weighted by Gasteiger charge is -2.44. The predicted molar refractivity (Wildman–Crippen MR) is 70.7 cm³/mol. The summed E-state index contributed by atoms with van der Waals surface area (Å²) in [6.07, 6.45) is 1.84. The number of amides is 2. The number of nitrogens with one attached hydrogen (secondary N) is 1. The normalized spacial score (nSPS) is 22.2. The van der Waals surface area contributed by atoms with Gasteiger partial charge in [-0.05, 0) is 26.2 Å². The molecule has 1 saturated heterocycles. The van der Waals surface area contributed by atoms with Crippen LogP contribution < -0.4 is 5.32 Å². The first-order chi connectivity index (χ1) is 8.56. The summed E-state index contributed by atoms with van der Waals surface area (Å²) in [4.78, 5) is 26.3. The lowest BCUT2D eigenvalue weighted by Crippen LogP contribution is -2.69. The average Bonchev–Trinajstić information content (AvgIpc) is 2.39. The van der Waals surface area contributed by atoms with E-state index in [1.807, 2.05) is 20.8 Å². The molecule has 4 heteroatoms. The molecule has 2 amide bonds. The van der Waals surface area contributed by atoms with Crippen molar-refractivity contribution in [3.05, 3.63) is 0 Å². The van der Waals surface area contributed by atoms with E-state index >= 15 is 0 Å². The summed E-state index contributed by atoms with van der Waals surface area (Å²) in [6.45, 7) is 7.84. The molecule has 1 N–H and O–H groups in total. The van der Waals surface area contributed by atoms with Crippen molar-refractivity contribution in [2.45, 2.75) is 58.5 Å². The summed E-state index contributed by atoms with van der Waals surface area (Å²) in [5.74, 6) is 5.62. The standard InChI is InChI=1S/C14H22N2O2/c1-5-9-10-16-11(6-2)12(17)15-14(7-3,8-4)13(16)18/h11H,6-8,10H2,1-4H3,(H,15,17). The molecule has 4 nitrogen and oxygen atoms in total. The Hall–Kier alpha value is -1.50. The lowest BCUT2D eigenvalue weighted by molar-refractivity contribution is -0.154. The SMILES string of the molecule is CC#CCN1C(=O)C(CC)(CC)NC(=O)C1CC. The maximum Gasteiger partial charge on any atom is 0.249 e. The third-order valence-electron chi connectivity index (χ3n) is 3.73. The fourth-order valence-electron chi connectivity index (χ4n) is 2.41. The van der Waals surface area contributed by atoms with Gasteiger partial charge in [0.25, 0.3) is 0 Å². The zero-order valence-electron chi connectivity index (χ0n) is 11.7. The summed E-state index contributed by atoms with van der Waals surface area (Å²) < 4.78 is 0. The van der Waals surface area contributed by atoms with Gasteiger partial charge < -0.3 is 10.2 Å². The van der Waals surface area contributed by atoms with Gasteiger partial charge in [0.05, 0.1) is 6.54 Å². The maximum absolute atomic E-state index is 12.6. The highest BCUT2D eigenvalue weighted by atomic mass is 16.2. The molecule has 1 unspecified atom stereocenters. The Morgan fingerprint density at radius 1 is 1.28 bits per heavy atom. The first kappa shape index (κ1) is 14.6. The molecule has 0 saturated carbocycles. The number of hydrogen-bond donors (Lipinski definition) is 1. The predicted octanol–water partition coefficient (Wildman–Crippen LogP) is 1.31. The maximum atomic E-state index is 12.6. The van der Waals surface area contributed by atoms with Crippen molar-refractivity contribution in [1.29, 1.82) is 0 Å². The van der Waals surface area contributed by atoms with Crippen LogP contribution in [-0.2, 0) is 9.59 Å². The van der Waals surface area contributed by atoms with Crippen molar-refractivity contribution in [2.24, 2.45) is 0 Å². The van der Waals surface area contributed by atoms with Crippen LogP contribution in [0.4, 0.5) is 0 Å². The van der Waals surface area contributed by atoms with Gasteiger partial charge >= 0.3 is 0 Å². The molecular formula is C14H22N2O2. The smallest absolute Gasteiger partial charge is 0.249 e. The Balaban J connectivity index is 3.09. The van der Waals surface area contributed by atoms with Gasteiger partial charge in [0, 0.05) is 0 Å². The molecule has 1 aliphatic rings. The van der Waals surface area contributed by atoms with Crippen LogP contribution >= 0.6 is 0 Å². The molecule has 0 aromatic carbocycles. The molecule has 1 atom stereocenters. The summed E-state index contributed by atoms with van der Waals surface area (Å²) in [6, 6.07) is -0.385. The van der Waals surface area contributed by atoms with Gasteiger partial charge in [0.15, 0.2) is 0 Å². The van der Waals surface area contributed by atoms with Crippen molar-refractivity contribution in [3.63, 3.8) is 0 Å². The van der Waals surface area contributed by atoms with E-state index in [1.54, 1.807) is 11.8 Å². The largest absolute Gasteiger partial charge is 0.340 e. The fourth-order valence-corrected chi connectivity index (χ4v) is 2.41. The van der Waals surface area contributed by atoms with E-state index in [9.17, 15) is 9.59 Å². The van der Waals surface area contributed by atoms with Gasteiger partial charge in [-0.15, -0.1) is 5.92 Å². The molecule has 0 radical (unpaired) electrons. The highest BCUT2D eigenvalue weighted by Crippen LogP contribution is 2.25. The quantitative estimate of drug-likeness (QED) is 0.765. The van der Waals surface area contributed by atoms with Gasteiger partial charge in [-0.3, -0.25) is 9.59 Å². The van der Waals surface area contributed by atoms with E-state index in [-0.39, 0.29) is 17.9 Å². The number of hydrogen-bond acceptors (Lipinski definition) is 2. The van der Waals surface area contributed by atoms with Crippen LogP contribution in [-0.4, -0.2) is 34.8 Å². The van der Waals surface area contributed by atoms with Gasteiger partial charge in [-0.1, -0.05) is 26.7 Å². The van der Waals surface area contributed by atoms with Gasteiger partial charge in [-0.2, -0.15) is 0 Å². The second-order valence-electron chi connectivity index (χ2n) is 4.56. The molecular weight excluding hydrogens is 228 g/mol. The van der Waals surface area contributed by atoms with Crippen LogP contribution in [0.25, 0.3) is 0 Å². The zero-order chi connectivity index (χ0) is 13.8. The molecule has 0 spiro atoms. The van der Waals surface area contributed by atoms with Crippen molar-refractivity contribution < 1.29 is 9.59 Å². The molecule has 0 aromatic rings. The van der Waals surface area contributed by atoms with Crippen LogP contribution in [0.15, 0.2) is 0 Å². The number of nitrogens with zero attached hydrogens (tertiary/aromatic N) is 1. The molecule has 0 aromatic heterocycles. The Labute approximate surface area is 109 Å². The first-order valence-electron chi connectivity index (χ1n) is 6.59. The molecule has 0 bridgehead atoms. The Kier molecular flexibility index (Phi) is 4.77. The third kappa shape index (κ3) is 2.35. The molecule has 100 valence electrons. The van der Waals surface area contributed by atoms with Crippen LogP contribution in [0.5, 0.6) is 0 Å². The van der Waals surface area contributed by atoms with Gasteiger partial charge in [-0.25, -0.2) is 0 Å². The van der Waals surface area contributed by atoms with E-state index in [4.69, 9.17) is 0 Å². The number of rotatable bonds is 4. The minimum Gasteiger partial charge on any atom is -0.340 e. The minimum atomic E-state index is -0.738. The second-order valence-corrected chi connectivity index (χ2v) is 4.56. The molecule has 0 aliphatic carbocycles. The average molecular weight is 250 g/mol. The number of piperazine rings is 1. The Bertz CT molecular complexity index is 388. The fraction of sp³-hybridized carbons (Fsp3) is 0.714. The van der Waals surface area contributed by atoms with Crippen LogP contribution in [0, 0.1) is 11.8 Å². The van der Waals surface area contributed by atoms with Crippen molar-refractivity contribution >= 4 is 11.8 Å². The number of carbonyl (C=O) groups excluding carboxylic acids is 2. The zero-order valence-corrected chi connectivity index (χ0v) is 11.7. The highest BCUT2D eigenvalue weighted by molar-refractivity contribution is 5.99. The lowest BCUT2D eigenvalue weighted by atomic mass is 9.86. The van der Waals surface area contributed by atoms with Crippen LogP contribution in [0.2, 0.25) is 0 Å². The Morgan fingerprint density at radius 3 is 2.33 bits per heavy atom. The third-order valence-corrected chi connectivity index (χ3v) is 3.73. The minimum absolute atomic E-state index is 0.00157. The summed E-state index contributed by atoms with van der Waals surface area (Å²) >= 11 is 0. The topological polar surface area (TPSA) is 49.4 Å². The van der Waals surface area contributed by atoms with E-state index < -0.39 is 5.54 Å². The summed E-state index contributed by atoms with van der Waals surface area (Å²) in [5, 5.41) is 2.91. The number of carbonyl (C=O) groups is 2. The molecule has 1 rings (SSSR count). The summed E-state index contributed by atoms with van der Waals surface area (Å²) in [7, 11) is 0.